The fourth-order valence-corrected chi connectivity index (χ4v) is 3.70. The lowest BCUT2D eigenvalue weighted by molar-refractivity contribution is -0.0605. The molecule has 0 amide bonds. The molecule has 1 fully saturated rings. The summed E-state index contributed by atoms with van der Waals surface area (Å²) in [5.41, 5.74) is 3.50. The molecule has 0 radical (unpaired) electrons. The third-order valence-electron chi connectivity index (χ3n) is 4.95. The van der Waals surface area contributed by atoms with E-state index in [-0.39, 0.29) is 18.0 Å². The molecule has 0 aromatic heterocycles. The van der Waals surface area contributed by atoms with Crippen molar-refractivity contribution in [2.75, 3.05) is 34.2 Å². The zero-order chi connectivity index (χ0) is 20.8. The van der Waals surface area contributed by atoms with Crippen LogP contribution in [0.3, 0.4) is 0 Å². The molecule has 2 atom stereocenters. The molecule has 1 aliphatic heterocycles. The van der Waals surface area contributed by atoms with Gasteiger partial charge in [-0.1, -0.05) is 36.4 Å². The van der Waals surface area contributed by atoms with E-state index < -0.39 is 0 Å². The van der Waals surface area contributed by atoms with Crippen molar-refractivity contribution < 1.29 is 9.13 Å². The second-order valence-electron chi connectivity index (χ2n) is 7.85. The number of benzene rings is 2. The third-order valence-corrected chi connectivity index (χ3v) is 4.95. The molecule has 0 spiro atoms. The van der Waals surface area contributed by atoms with Crippen molar-refractivity contribution in [2.45, 2.75) is 32.2 Å². The second kappa shape index (κ2) is 9.85. The Bertz CT molecular complexity index is 822. The van der Waals surface area contributed by atoms with Gasteiger partial charge in [0.1, 0.15) is 11.9 Å². The number of aliphatic imine (C=N–C) groups is 1. The zero-order valence-electron chi connectivity index (χ0n) is 17.7. The van der Waals surface area contributed by atoms with Crippen LogP contribution in [0.1, 0.15) is 29.7 Å². The molecule has 1 aliphatic rings. The first-order chi connectivity index (χ1) is 13.9. The average Bonchev–Trinajstić information content (AvgIpc) is 2.68. The molecule has 3 rings (SSSR count). The second-order valence-corrected chi connectivity index (χ2v) is 7.85. The summed E-state index contributed by atoms with van der Waals surface area (Å²) in [5.74, 6) is 0.619. The van der Waals surface area contributed by atoms with Crippen LogP contribution in [-0.4, -0.2) is 56.1 Å². The van der Waals surface area contributed by atoms with Gasteiger partial charge in [-0.15, -0.1) is 0 Å². The van der Waals surface area contributed by atoms with E-state index in [2.05, 4.69) is 65.4 Å². The molecule has 0 bridgehead atoms. The number of hydrogen-bond acceptors (Lipinski definition) is 3. The Morgan fingerprint density at radius 1 is 1.17 bits per heavy atom. The summed E-state index contributed by atoms with van der Waals surface area (Å²) in [6.07, 6.45) is -0.0536. The molecule has 0 aliphatic carbocycles. The number of rotatable bonds is 5. The molecule has 5 nitrogen and oxygen atoms in total. The topological polar surface area (TPSA) is 40.1 Å². The Labute approximate surface area is 173 Å². The molecule has 1 heterocycles. The number of hydrogen-bond donors (Lipinski definition) is 1. The zero-order valence-corrected chi connectivity index (χ0v) is 17.7. The van der Waals surface area contributed by atoms with E-state index in [1.165, 1.54) is 23.3 Å². The predicted octanol–water partition coefficient (Wildman–Crippen LogP) is 3.42. The van der Waals surface area contributed by atoms with E-state index in [0.717, 1.165) is 24.6 Å². The number of ether oxygens (including phenoxy) is 1. The Morgan fingerprint density at radius 2 is 1.90 bits per heavy atom. The third kappa shape index (κ3) is 6.02. The summed E-state index contributed by atoms with van der Waals surface area (Å²) < 4.78 is 19.4. The van der Waals surface area contributed by atoms with Gasteiger partial charge < -0.3 is 19.9 Å². The molecule has 2 aromatic carbocycles. The first kappa shape index (κ1) is 21.3. The van der Waals surface area contributed by atoms with Crippen molar-refractivity contribution in [2.24, 2.45) is 4.99 Å². The van der Waals surface area contributed by atoms with Gasteiger partial charge in [-0.05, 0) is 49.8 Å². The van der Waals surface area contributed by atoms with Crippen LogP contribution in [0.25, 0.3) is 0 Å². The maximum Gasteiger partial charge on any atom is 0.194 e. The number of nitrogens with one attached hydrogen (secondary N) is 1. The lowest BCUT2D eigenvalue weighted by Crippen LogP contribution is -2.50. The Balaban J connectivity index is 1.65. The van der Waals surface area contributed by atoms with E-state index >= 15 is 0 Å². The fraction of sp³-hybridized carbons (Fsp3) is 0.435. The molecule has 2 aromatic rings. The minimum atomic E-state index is -0.233. The summed E-state index contributed by atoms with van der Waals surface area (Å²) in [7, 11) is 5.95. The van der Waals surface area contributed by atoms with E-state index in [1.54, 1.807) is 19.2 Å². The highest BCUT2D eigenvalue weighted by Gasteiger charge is 2.28. The van der Waals surface area contributed by atoms with Crippen LogP contribution < -0.4 is 5.32 Å². The first-order valence-electron chi connectivity index (χ1n) is 10.0. The maximum atomic E-state index is 13.3. The SMILES string of the molecule is CN=C(NCc1cccc(CN(C)C)c1)N1CC(C)OC(c2ccc(F)cc2)C1. The van der Waals surface area contributed by atoms with Gasteiger partial charge in [-0.2, -0.15) is 0 Å². The quantitative estimate of drug-likeness (QED) is 0.619. The fourth-order valence-electron chi connectivity index (χ4n) is 3.70. The van der Waals surface area contributed by atoms with E-state index in [0.29, 0.717) is 13.1 Å². The summed E-state index contributed by atoms with van der Waals surface area (Å²) in [6.45, 7) is 5.12. The maximum absolute atomic E-state index is 13.3. The minimum absolute atomic E-state index is 0.0563. The van der Waals surface area contributed by atoms with Gasteiger partial charge in [0.15, 0.2) is 5.96 Å². The van der Waals surface area contributed by atoms with Crippen LogP contribution in [0.2, 0.25) is 0 Å². The highest BCUT2D eigenvalue weighted by atomic mass is 19.1. The molecule has 1 N–H and O–H groups in total. The van der Waals surface area contributed by atoms with Crippen LogP contribution >= 0.6 is 0 Å². The van der Waals surface area contributed by atoms with Crippen molar-refractivity contribution in [1.29, 1.82) is 0 Å². The van der Waals surface area contributed by atoms with Gasteiger partial charge in [-0.3, -0.25) is 4.99 Å². The summed E-state index contributed by atoms with van der Waals surface area (Å²) in [5, 5.41) is 3.48. The molecule has 156 valence electrons. The molecule has 29 heavy (non-hydrogen) atoms. The smallest absolute Gasteiger partial charge is 0.194 e. The number of nitrogens with zero attached hydrogens (tertiary/aromatic N) is 3. The number of morpholine rings is 1. The Kier molecular flexibility index (Phi) is 7.23. The van der Waals surface area contributed by atoms with Gasteiger partial charge in [-0.25, -0.2) is 4.39 Å². The van der Waals surface area contributed by atoms with Gasteiger partial charge in [0.2, 0.25) is 0 Å². The molecule has 6 heteroatoms. The van der Waals surface area contributed by atoms with E-state index in [1.807, 2.05) is 0 Å². The Morgan fingerprint density at radius 3 is 2.59 bits per heavy atom. The van der Waals surface area contributed by atoms with Gasteiger partial charge in [0, 0.05) is 26.7 Å². The van der Waals surface area contributed by atoms with Crippen LogP contribution in [-0.2, 0) is 17.8 Å². The van der Waals surface area contributed by atoms with Crippen molar-refractivity contribution in [3.63, 3.8) is 0 Å². The van der Waals surface area contributed by atoms with Crippen molar-refractivity contribution in [1.82, 2.24) is 15.1 Å². The van der Waals surface area contributed by atoms with Crippen LogP contribution in [0, 0.1) is 5.82 Å². The van der Waals surface area contributed by atoms with Crippen LogP contribution in [0.4, 0.5) is 4.39 Å². The molecular weight excluding hydrogens is 367 g/mol. The molecule has 0 saturated carbocycles. The van der Waals surface area contributed by atoms with E-state index in [4.69, 9.17) is 4.74 Å². The van der Waals surface area contributed by atoms with Gasteiger partial charge in [0.05, 0.1) is 12.6 Å². The number of guanidine groups is 1. The van der Waals surface area contributed by atoms with Crippen LogP contribution in [0.5, 0.6) is 0 Å². The monoisotopic (exact) mass is 398 g/mol. The summed E-state index contributed by atoms with van der Waals surface area (Å²) in [4.78, 5) is 8.86. The van der Waals surface area contributed by atoms with Gasteiger partial charge >= 0.3 is 0 Å². The standard InChI is InChI=1S/C23H31FN4O/c1-17-14-28(16-22(29-17)20-8-10-21(24)11-9-20)23(25-2)26-13-18-6-5-7-19(12-18)15-27(3)4/h5-12,17,22H,13-16H2,1-4H3,(H,25,26). The largest absolute Gasteiger partial charge is 0.367 e. The summed E-state index contributed by atoms with van der Waals surface area (Å²) >= 11 is 0. The normalized spacial score (nSPS) is 20.2. The van der Waals surface area contributed by atoms with Gasteiger partial charge in [0.25, 0.3) is 0 Å². The number of halogens is 1. The lowest BCUT2D eigenvalue weighted by Gasteiger charge is -2.38. The average molecular weight is 399 g/mol. The van der Waals surface area contributed by atoms with Crippen molar-refractivity contribution in [3.8, 4) is 0 Å². The van der Waals surface area contributed by atoms with Crippen molar-refractivity contribution >= 4 is 5.96 Å². The van der Waals surface area contributed by atoms with Crippen LogP contribution in [0.15, 0.2) is 53.5 Å². The minimum Gasteiger partial charge on any atom is -0.367 e. The predicted molar refractivity (Wildman–Crippen MR) is 115 cm³/mol. The molecule has 1 saturated heterocycles. The molecule has 2 unspecified atom stereocenters. The Hall–Kier alpha value is -2.44. The lowest BCUT2D eigenvalue weighted by atomic mass is 10.1. The highest BCUT2D eigenvalue weighted by molar-refractivity contribution is 5.80. The van der Waals surface area contributed by atoms with E-state index in [9.17, 15) is 4.39 Å². The molecular formula is C23H31FN4O. The summed E-state index contributed by atoms with van der Waals surface area (Å²) in [6, 6.07) is 15.2. The van der Waals surface area contributed by atoms with Crippen molar-refractivity contribution in [3.05, 3.63) is 71.0 Å². The first-order valence-corrected chi connectivity index (χ1v) is 10.0. The highest BCUT2D eigenvalue weighted by Crippen LogP contribution is 2.25.